The highest BCUT2D eigenvalue weighted by atomic mass is 16.5. The Balaban J connectivity index is 2.14. The number of rotatable bonds is 7. The molecular formula is C20H21NO2. The van der Waals surface area contributed by atoms with E-state index in [1.54, 1.807) is 19.3 Å². The molecule has 0 aromatic heterocycles. The van der Waals surface area contributed by atoms with E-state index in [-0.39, 0.29) is 5.91 Å². The molecule has 0 saturated carbocycles. The fraction of sp³-hybridized carbons (Fsp3) is 0.150. The van der Waals surface area contributed by atoms with E-state index in [0.29, 0.717) is 13.0 Å². The minimum atomic E-state index is -0.0304. The number of methoxy groups -OCH3 is 1. The summed E-state index contributed by atoms with van der Waals surface area (Å²) in [6, 6.07) is 11.8. The molecule has 0 atom stereocenters. The Kier molecular flexibility index (Phi) is 5.75. The molecule has 0 aliphatic rings. The van der Waals surface area contributed by atoms with Crippen LogP contribution in [0, 0.1) is 0 Å². The van der Waals surface area contributed by atoms with Crippen LogP contribution in [0.25, 0.3) is 10.8 Å². The summed E-state index contributed by atoms with van der Waals surface area (Å²) in [5.41, 5.74) is 1.90. The molecule has 23 heavy (non-hydrogen) atoms. The molecule has 1 amide bonds. The number of allylic oxidation sites excluding steroid dienone is 2. The van der Waals surface area contributed by atoms with E-state index < -0.39 is 0 Å². The zero-order valence-corrected chi connectivity index (χ0v) is 13.3. The summed E-state index contributed by atoms with van der Waals surface area (Å²) in [6.45, 7) is 7.81. The average Bonchev–Trinajstić information content (AvgIpc) is 2.58. The summed E-state index contributed by atoms with van der Waals surface area (Å²) >= 11 is 0. The lowest BCUT2D eigenvalue weighted by Gasteiger charge is -2.09. The van der Waals surface area contributed by atoms with Gasteiger partial charge in [-0.1, -0.05) is 55.7 Å². The van der Waals surface area contributed by atoms with Crippen molar-refractivity contribution in [2.45, 2.75) is 6.42 Å². The molecule has 0 fully saturated rings. The van der Waals surface area contributed by atoms with Crippen molar-refractivity contribution in [1.29, 1.82) is 0 Å². The Morgan fingerprint density at radius 1 is 1.26 bits per heavy atom. The van der Waals surface area contributed by atoms with Crippen molar-refractivity contribution in [3.8, 4) is 5.75 Å². The van der Waals surface area contributed by atoms with Crippen molar-refractivity contribution in [3.63, 3.8) is 0 Å². The number of amides is 1. The number of ether oxygens (including phenoxy) is 1. The summed E-state index contributed by atoms with van der Waals surface area (Å²) in [7, 11) is 1.64. The molecule has 2 rings (SSSR count). The van der Waals surface area contributed by atoms with Gasteiger partial charge in [-0.05, 0) is 34.0 Å². The maximum absolute atomic E-state index is 12.2. The van der Waals surface area contributed by atoms with Gasteiger partial charge in [0.2, 0.25) is 5.91 Å². The minimum absolute atomic E-state index is 0.0304. The lowest BCUT2D eigenvalue weighted by atomic mass is 10.0. The SMILES string of the molecule is C=C/C=C(\C=C)CNC(=O)Cc1cccc2ccc(OC)cc12. The van der Waals surface area contributed by atoms with Crippen molar-refractivity contribution >= 4 is 16.7 Å². The lowest BCUT2D eigenvalue weighted by Crippen LogP contribution is -2.26. The monoisotopic (exact) mass is 307 g/mol. The smallest absolute Gasteiger partial charge is 0.224 e. The van der Waals surface area contributed by atoms with Gasteiger partial charge in [-0.3, -0.25) is 4.79 Å². The van der Waals surface area contributed by atoms with E-state index >= 15 is 0 Å². The standard InChI is InChI=1S/C20H21NO2/c1-4-7-15(5-2)14-21-20(22)12-17-9-6-8-16-10-11-18(23-3)13-19(16)17/h4-11,13H,1-2,12,14H2,3H3,(H,21,22)/b15-7+. The maximum Gasteiger partial charge on any atom is 0.224 e. The summed E-state index contributed by atoms with van der Waals surface area (Å²) < 4.78 is 5.27. The predicted octanol–water partition coefficient (Wildman–Crippen LogP) is 3.81. The van der Waals surface area contributed by atoms with E-state index in [1.165, 1.54) is 0 Å². The van der Waals surface area contributed by atoms with Gasteiger partial charge in [0.1, 0.15) is 5.75 Å². The molecule has 2 aromatic rings. The molecule has 0 radical (unpaired) electrons. The van der Waals surface area contributed by atoms with Gasteiger partial charge >= 0.3 is 0 Å². The second kappa shape index (κ2) is 7.99. The van der Waals surface area contributed by atoms with Gasteiger partial charge in [0.05, 0.1) is 13.5 Å². The molecule has 3 heteroatoms. The van der Waals surface area contributed by atoms with Crippen molar-refractivity contribution in [1.82, 2.24) is 5.32 Å². The highest BCUT2D eigenvalue weighted by Crippen LogP contribution is 2.24. The number of benzene rings is 2. The molecule has 3 nitrogen and oxygen atoms in total. The third-order valence-corrected chi connectivity index (χ3v) is 3.61. The molecule has 0 spiro atoms. The van der Waals surface area contributed by atoms with Gasteiger partial charge < -0.3 is 10.1 Å². The number of hydrogen-bond acceptors (Lipinski definition) is 2. The summed E-state index contributed by atoms with van der Waals surface area (Å²) in [5.74, 6) is 0.755. The number of fused-ring (bicyclic) bond motifs is 1. The Labute approximate surface area is 137 Å². The van der Waals surface area contributed by atoms with Crippen molar-refractivity contribution < 1.29 is 9.53 Å². The van der Waals surface area contributed by atoms with Crippen LogP contribution in [0.4, 0.5) is 0 Å². The first-order valence-corrected chi connectivity index (χ1v) is 7.44. The fourth-order valence-electron chi connectivity index (χ4n) is 2.38. The third-order valence-electron chi connectivity index (χ3n) is 3.61. The zero-order chi connectivity index (χ0) is 16.7. The minimum Gasteiger partial charge on any atom is -0.497 e. The van der Waals surface area contributed by atoms with Crippen molar-refractivity contribution in [3.05, 3.63) is 78.9 Å². The van der Waals surface area contributed by atoms with Gasteiger partial charge in [-0.25, -0.2) is 0 Å². The Morgan fingerprint density at radius 3 is 2.78 bits per heavy atom. The molecular weight excluding hydrogens is 286 g/mol. The molecule has 0 unspecified atom stereocenters. The Hall–Kier alpha value is -2.81. The second-order valence-electron chi connectivity index (χ2n) is 5.14. The second-order valence-corrected chi connectivity index (χ2v) is 5.14. The van der Waals surface area contributed by atoms with E-state index in [2.05, 4.69) is 18.5 Å². The number of nitrogens with one attached hydrogen (secondary N) is 1. The maximum atomic E-state index is 12.2. The van der Waals surface area contributed by atoms with Gasteiger partial charge in [0.25, 0.3) is 0 Å². The van der Waals surface area contributed by atoms with Crippen LogP contribution >= 0.6 is 0 Å². The molecule has 0 aliphatic heterocycles. The molecule has 118 valence electrons. The molecule has 0 saturated heterocycles. The topological polar surface area (TPSA) is 38.3 Å². The highest BCUT2D eigenvalue weighted by molar-refractivity contribution is 5.91. The Morgan fingerprint density at radius 2 is 2.09 bits per heavy atom. The van der Waals surface area contributed by atoms with E-state index in [0.717, 1.165) is 27.7 Å². The largest absolute Gasteiger partial charge is 0.497 e. The number of carbonyl (C=O) groups excluding carboxylic acids is 1. The first-order valence-electron chi connectivity index (χ1n) is 7.44. The third kappa shape index (κ3) is 4.33. The van der Waals surface area contributed by atoms with Crippen LogP contribution in [-0.4, -0.2) is 19.6 Å². The van der Waals surface area contributed by atoms with Gasteiger partial charge in [-0.2, -0.15) is 0 Å². The van der Waals surface area contributed by atoms with Crippen LogP contribution in [0.3, 0.4) is 0 Å². The quantitative estimate of drug-likeness (QED) is 0.790. The van der Waals surface area contributed by atoms with E-state index in [1.807, 2.05) is 42.5 Å². The van der Waals surface area contributed by atoms with Gasteiger partial charge in [0, 0.05) is 6.54 Å². The van der Waals surface area contributed by atoms with Crippen LogP contribution in [0.15, 0.2) is 73.4 Å². The molecule has 0 heterocycles. The van der Waals surface area contributed by atoms with E-state index in [4.69, 9.17) is 4.74 Å². The van der Waals surface area contributed by atoms with Gasteiger partial charge in [-0.15, -0.1) is 0 Å². The molecule has 2 aromatic carbocycles. The highest BCUT2D eigenvalue weighted by Gasteiger charge is 2.08. The average molecular weight is 307 g/mol. The van der Waals surface area contributed by atoms with Crippen LogP contribution in [-0.2, 0) is 11.2 Å². The summed E-state index contributed by atoms with van der Waals surface area (Å²) in [5, 5.41) is 5.03. The fourth-order valence-corrected chi connectivity index (χ4v) is 2.38. The van der Waals surface area contributed by atoms with Crippen LogP contribution in [0.1, 0.15) is 5.56 Å². The number of hydrogen-bond donors (Lipinski definition) is 1. The van der Waals surface area contributed by atoms with Crippen LogP contribution in [0.2, 0.25) is 0 Å². The first kappa shape index (κ1) is 16.6. The van der Waals surface area contributed by atoms with Crippen LogP contribution < -0.4 is 10.1 Å². The zero-order valence-electron chi connectivity index (χ0n) is 13.3. The van der Waals surface area contributed by atoms with Crippen LogP contribution in [0.5, 0.6) is 5.75 Å². The molecule has 1 N–H and O–H groups in total. The Bertz CT molecular complexity index is 759. The first-order chi connectivity index (χ1) is 11.2. The van der Waals surface area contributed by atoms with Gasteiger partial charge in [0.15, 0.2) is 0 Å². The van der Waals surface area contributed by atoms with E-state index in [9.17, 15) is 4.79 Å². The summed E-state index contributed by atoms with van der Waals surface area (Å²) in [6.07, 6.45) is 5.55. The molecule has 0 aliphatic carbocycles. The van der Waals surface area contributed by atoms with Crippen molar-refractivity contribution in [2.24, 2.45) is 0 Å². The lowest BCUT2D eigenvalue weighted by molar-refractivity contribution is -0.120. The van der Waals surface area contributed by atoms with Crippen molar-refractivity contribution in [2.75, 3.05) is 13.7 Å². The normalized spacial score (nSPS) is 11.1. The number of carbonyl (C=O) groups is 1. The predicted molar refractivity (Wildman–Crippen MR) is 95.7 cm³/mol. The molecule has 0 bridgehead atoms. The summed E-state index contributed by atoms with van der Waals surface area (Å²) in [4.78, 5) is 12.2.